The summed E-state index contributed by atoms with van der Waals surface area (Å²) in [6.07, 6.45) is 1.62. The predicted molar refractivity (Wildman–Crippen MR) is 95.4 cm³/mol. The Bertz CT molecular complexity index is 989. The molecule has 0 aliphatic heterocycles. The molecule has 5 heteroatoms. The summed E-state index contributed by atoms with van der Waals surface area (Å²) in [6, 6.07) is 13.8. The number of furan rings is 1. The van der Waals surface area contributed by atoms with E-state index in [1.807, 2.05) is 61.7 Å². The highest BCUT2D eigenvalue weighted by molar-refractivity contribution is 7.10. The zero-order chi connectivity index (χ0) is 16.7. The number of hydrogen-bond acceptors (Lipinski definition) is 5. The standard InChI is InChI=1S/C19H16N2O2S/c1-19(2,14-9-6-10-24-14)18-20-16(22)15-13(11-23-17(15)21-18)12-7-4-3-5-8-12/h3-11H,1-2H3,(H,20,21,22). The average molecular weight is 336 g/mol. The van der Waals surface area contributed by atoms with Gasteiger partial charge in [-0.3, -0.25) is 0 Å². The lowest BCUT2D eigenvalue weighted by Gasteiger charge is -2.21. The molecule has 4 aromatic rings. The van der Waals surface area contributed by atoms with Crippen molar-refractivity contribution in [2.45, 2.75) is 19.3 Å². The highest BCUT2D eigenvalue weighted by Crippen LogP contribution is 2.38. The van der Waals surface area contributed by atoms with E-state index in [9.17, 15) is 5.11 Å². The normalized spacial score (nSPS) is 11.9. The van der Waals surface area contributed by atoms with Crippen LogP contribution >= 0.6 is 11.3 Å². The Kier molecular flexibility index (Phi) is 3.39. The maximum Gasteiger partial charge on any atom is 0.233 e. The van der Waals surface area contributed by atoms with E-state index < -0.39 is 5.41 Å². The number of fused-ring (bicyclic) bond motifs is 1. The first-order chi connectivity index (χ1) is 11.6. The first kappa shape index (κ1) is 14.9. The average Bonchev–Trinajstić information content (AvgIpc) is 3.26. The molecular formula is C19H16N2O2S. The van der Waals surface area contributed by atoms with E-state index in [0.717, 1.165) is 16.0 Å². The summed E-state index contributed by atoms with van der Waals surface area (Å²) in [6.45, 7) is 4.08. The molecule has 0 saturated carbocycles. The Morgan fingerprint density at radius 1 is 1.04 bits per heavy atom. The summed E-state index contributed by atoms with van der Waals surface area (Å²) in [5.74, 6) is 0.496. The Balaban J connectivity index is 1.89. The van der Waals surface area contributed by atoms with Crippen LogP contribution in [0.1, 0.15) is 24.5 Å². The van der Waals surface area contributed by atoms with E-state index >= 15 is 0 Å². The van der Waals surface area contributed by atoms with Gasteiger partial charge in [0.25, 0.3) is 0 Å². The molecule has 3 heterocycles. The molecule has 4 rings (SSSR count). The zero-order valence-corrected chi connectivity index (χ0v) is 14.2. The summed E-state index contributed by atoms with van der Waals surface area (Å²) >= 11 is 1.65. The molecule has 120 valence electrons. The van der Waals surface area contributed by atoms with Crippen molar-refractivity contribution in [2.75, 3.05) is 0 Å². The van der Waals surface area contributed by atoms with Crippen LogP contribution in [0.3, 0.4) is 0 Å². The molecule has 0 amide bonds. The van der Waals surface area contributed by atoms with Gasteiger partial charge in [-0.15, -0.1) is 11.3 Å². The van der Waals surface area contributed by atoms with Crippen LogP contribution in [0, 0.1) is 0 Å². The van der Waals surface area contributed by atoms with Crippen LogP contribution in [0.4, 0.5) is 0 Å². The summed E-state index contributed by atoms with van der Waals surface area (Å²) in [5.41, 5.74) is 1.75. The molecule has 0 fully saturated rings. The minimum atomic E-state index is -0.403. The number of thiophene rings is 1. The van der Waals surface area contributed by atoms with Gasteiger partial charge >= 0.3 is 0 Å². The van der Waals surface area contributed by atoms with Crippen LogP contribution < -0.4 is 0 Å². The van der Waals surface area contributed by atoms with Crippen LogP contribution in [0.15, 0.2) is 58.5 Å². The van der Waals surface area contributed by atoms with Crippen LogP contribution in [-0.4, -0.2) is 15.1 Å². The van der Waals surface area contributed by atoms with Crippen molar-refractivity contribution in [2.24, 2.45) is 0 Å². The Labute approximate surface area is 143 Å². The first-order valence-electron chi connectivity index (χ1n) is 7.65. The van der Waals surface area contributed by atoms with Gasteiger partial charge in [-0.1, -0.05) is 36.4 Å². The largest absolute Gasteiger partial charge is 0.493 e. The summed E-state index contributed by atoms with van der Waals surface area (Å²) < 4.78 is 5.63. The number of nitrogens with zero attached hydrogens (tertiary/aromatic N) is 2. The fourth-order valence-corrected chi connectivity index (χ4v) is 3.62. The summed E-state index contributed by atoms with van der Waals surface area (Å²) in [5, 5.41) is 13.1. The number of rotatable bonds is 3. The number of aromatic hydroxyl groups is 1. The van der Waals surface area contributed by atoms with Crippen molar-refractivity contribution in [1.82, 2.24) is 9.97 Å². The van der Waals surface area contributed by atoms with Gasteiger partial charge in [0.2, 0.25) is 11.6 Å². The lowest BCUT2D eigenvalue weighted by Crippen LogP contribution is -2.21. The van der Waals surface area contributed by atoms with Crippen LogP contribution in [0.5, 0.6) is 5.88 Å². The van der Waals surface area contributed by atoms with E-state index in [1.54, 1.807) is 17.6 Å². The van der Waals surface area contributed by atoms with Crippen molar-refractivity contribution in [3.05, 3.63) is 64.8 Å². The molecule has 24 heavy (non-hydrogen) atoms. The Morgan fingerprint density at radius 3 is 2.54 bits per heavy atom. The molecule has 0 radical (unpaired) electrons. The molecule has 0 aliphatic carbocycles. The Morgan fingerprint density at radius 2 is 1.83 bits per heavy atom. The second-order valence-electron chi connectivity index (χ2n) is 6.17. The highest BCUT2D eigenvalue weighted by atomic mass is 32.1. The third-order valence-corrected chi connectivity index (χ3v) is 5.39. The predicted octanol–water partition coefficient (Wildman–Crippen LogP) is 4.98. The van der Waals surface area contributed by atoms with Crippen molar-refractivity contribution >= 4 is 22.4 Å². The number of hydrogen-bond donors (Lipinski definition) is 1. The van der Waals surface area contributed by atoms with Gasteiger partial charge in [-0.05, 0) is 30.9 Å². The second-order valence-corrected chi connectivity index (χ2v) is 7.12. The van der Waals surface area contributed by atoms with Crippen molar-refractivity contribution < 1.29 is 9.52 Å². The third-order valence-electron chi connectivity index (χ3n) is 4.20. The maximum atomic E-state index is 10.5. The molecule has 1 N–H and O–H groups in total. The van der Waals surface area contributed by atoms with E-state index in [2.05, 4.69) is 9.97 Å². The lowest BCUT2D eigenvalue weighted by molar-refractivity contribution is 0.447. The van der Waals surface area contributed by atoms with Gasteiger partial charge in [0.1, 0.15) is 17.5 Å². The van der Waals surface area contributed by atoms with Gasteiger partial charge in [-0.25, -0.2) is 0 Å². The highest BCUT2D eigenvalue weighted by Gasteiger charge is 2.30. The first-order valence-corrected chi connectivity index (χ1v) is 8.53. The smallest absolute Gasteiger partial charge is 0.233 e. The third kappa shape index (κ3) is 2.29. The van der Waals surface area contributed by atoms with Gasteiger partial charge in [-0.2, -0.15) is 9.97 Å². The summed E-state index contributed by atoms with van der Waals surface area (Å²) in [7, 11) is 0. The monoisotopic (exact) mass is 336 g/mol. The summed E-state index contributed by atoms with van der Waals surface area (Å²) in [4.78, 5) is 10.1. The maximum absolute atomic E-state index is 10.5. The zero-order valence-electron chi connectivity index (χ0n) is 13.4. The molecular weight excluding hydrogens is 320 g/mol. The van der Waals surface area contributed by atoms with Gasteiger partial charge in [0.15, 0.2) is 0 Å². The molecule has 0 bridgehead atoms. The van der Waals surface area contributed by atoms with Gasteiger partial charge in [0.05, 0.1) is 5.41 Å². The van der Waals surface area contributed by atoms with E-state index in [0.29, 0.717) is 16.9 Å². The van der Waals surface area contributed by atoms with Crippen molar-refractivity contribution in [3.8, 4) is 17.0 Å². The molecule has 3 aromatic heterocycles. The van der Waals surface area contributed by atoms with Gasteiger partial charge < -0.3 is 9.52 Å². The molecule has 1 aromatic carbocycles. The van der Waals surface area contributed by atoms with E-state index in [4.69, 9.17) is 4.42 Å². The van der Waals surface area contributed by atoms with Crippen LogP contribution in [0.2, 0.25) is 0 Å². The lowest BCUT2D eigenvalue weighted by atomic mass is 9.90. The van der Waals surface area contributed by atoms with Crippen LogP contribution in [-0.2, 0) is 5.41 Å². The van der Waals surface area contributed by atoms with E-state index in [-0.39, 0.29) is 5.88 Å². The minimum absolute atomic E-state index is 0.0489. The second kappa shape index (κ2) is 5.46. The SMILES string of the molecule is CC(C)(c1nc(O)c2c(-c3ccccc3)coc2n1)c1cccs1. The van der Waals surface area contributed by atoms with Crippen molar-refractivity contribution in [1.29, 1.82) is 0 Å². The molecule has 4 nitrogen and oxygen atoms in total. The fraction of sp³-hybridized carbons (Fsp3) is 0.158. The quantitative estimate of drug-likeness (QED) is 0.573. The topological polar surface area (TPSA) is 59.2 Å². The minimum Gasteiger partial charge on any atom is -0.493 e. The molecule has 0 aliphatic rings. The molecule has 0 unspecified atom stereocenters. The number of benzene rings is 1. The van der Waals surface area contributed by atoms with Gasteiger partial charge in [0, 0.05) is 10.4 Å². The number of aromatic nitrogens is 2. The Hall–Kier alpha value is -2.66. The van der Waals surface area contributed by atoms with E-state index in [1.165, 1.54) is 0 Å². The molecule has 0 spiro atoms. The fourth-order valence-electron chi connectivity index (χ4n) is 2.78. The van der Waals surface area contributed by atoms with Crippen LogP contribution in [0.25, 0.3) is 22.2 Å². The molecule has 0 saturated heterocycles. The van der Waals surface area contributed by atoms with Crippen molar-refractivity contribution in [3.63, 3.8) is 0 Å². The molecule has 0 atom stereocenters.